The lowest BCUT2D eigenvalue weighted by molar-refractivity contribution is 0.747. The molecule has 1 aromatic carbocycles. The van der Waals surface area contributed by atoms with Crippen LogP contribution in [0, 0.1) is 0 Å². The Kier molecular flexibility index (Phi) is 3.34. The molecule has 3 rings (SSSR count). The lowest BCUT2D eigenvalue weighted by Crippen LogP contribution is -2.03. The Bertz CT molecular complexity index is 704. The molecular formula is C12H12ClN7. The van der Waals surface area contributed by atoms with Crippen molar-refractivity contribution >= 4 is 17.3 Å². The fourth-order valence-electron chi connectivity index (χ4n) is 1.85. The minimum absolute atomic E-state index is 0.554. The normalized spacial score (nSPS) is 10.7. The number of nitrogens with one attached hydrogen (secondary N) is 1. The number of halogens is 1. The Morgan fingerprint density at radius 2 is 2.25 bits per heavy atom. The van der Waals surface area contributed by atoms with Crippen LogP contribution in [0.15, 0.2) is 36.8 Å². The topological polar surface area (TPSA) is 73.5 Å². The Morgan fingerprint density at radius 3 is 2.95 bits per heavy atom. The third-order valence-electron chi connectivity index (χ3n) is 2.77. The van der Waals surface area contributed by atoms with Crippen molar-refractivity contribution in [2.45, 2.75) is 6.54 Å². The molecule has 0 bridgehead atoms. The van der Waals surface area contributed by atoms with Crippen LogP contribution in [-0.4, -0.2) is 30.0 Å². The molecule has 7 nitrogen and oxygen atoms in total. The van der Waals surface area contributed by atoms with Crippen molar-refractivity contribution in [3.63, 3.8) is 0 Å². The second-order valence-corrected chi connectivity index (χ2v) is 4.66. The maximum absolute atomic E-state index is 6.07. The summed E-state index contributed by atoms with van der Waals surface area (Å²) in [5.41, 5.74) is 2.63. The summed E-state index contributed by atoms with van der Waals surface area (Å²) in [5.74, 6) is 0. The van der Waals surface area contributed by atoms with Gasteiger partial charge in [0.2, 0.25) is 0 Å². The standard InChI is InChI=1S/C12H12ClN7/c1-19-7-11(13)12(16-19)6-14-9-3-2-4-10(5-9)20-8-15-17-18-20/h2-5,7-8,14H,6H2,1H3. The molecule has 0 aliphatic carbocycles. The Hall–Kier alpha value is -2.41. The molecular weight excluding hydrogens is 278 g/mol. The van der Waals surface area contributed by atoms with Gasteiger partial charge in [0.25, 0.3) is 0 Å². The van der Waals surface area contributed by atoms with Gasteiger partial charge in [-0.3, -0.25) is 4.68 Å². The largest absolute Gasteiger partial charge is 0.379 e. The summed E-state index contributed by atoms with van der Waals surface area (Å²) < 4.78 is 3.29. The highest BCUT2D eigenvalue weighted by atomic mass is 35.5. The van der Waals surface area contributed by atoms with E-state index in [0.29, 0.717) is 11.6 Å². The van der Waals surface area contributed by atoms with Crippen LogP contribution in [0.3, 0.4) is 0 Å². The summed E-state index contributed by atoms with van der Waals surface area (Å²) in [4.78, 5) is 0. The fourth-order valence-corrected chi connectivity index (χ4v) is 2.09. The molecule has 3 aromatic rings. The highest BCUT2D eigenvalue weighted by Crippen LogP contribution is 2.17. The molecule has 0 saturated heterocycles. The van der Waals surface area contributed by atoms with Gasteiger partial charge in [-0.25, -0.2) is 4.68 Å². The molecule has 0 saturated carbocycles. The average molecular weight is 290 g/mol. The van der Waals surface area contributed by atoms with E-state index in [-0.39, 0.29) is 0 Å². The van der Waals surface area contributed by atoms with Gasteiger partial charge in [0.15, 0.2) is 0 Å². The SMILES string of the molecule is Cn1cc(Cl)c(CNc2cccc(-n3cnnn3)c2)n1. The highest BCUT2D eigenvalue weighted by Gasteiger charge is 2.05. The summed E-state index contributed by atoms with van der Waals surface area (Å²) in [6.07, 6.45) is 3.32. The zero-order valence-electron chi connectivity index (χ0n) is 10.7. The van der Waals surface area contributed by atoms with Crippen molar-refractivity contribution in [3.05, 3.63) is 47.5 Å². The Morgan fingerprint density at radius 1 is 1.35 bits per heavy atom. The lowest BCUT2D eigenvalue weighted by atomic mass is 10.2. The van der Waals surface area contributed by atoms with Crippen LogP contribution >= 0.6 is 11.6 Å². The van der Waals surface area contributed by atoms with Gasteiger partial charge < -0.3 is 5.32 Å². The van der Waals surface area contributed by atoms with Crippen LogP contribution in [0.25, 0.3) is 5.69 Å². The molecule has 0 fully saturated rings. The van der Waals surface area contributed by atoms with E-state index in [4.69, 9.17) is 11.6 Å². The molecule has 0 atom stereocenters. The molecule has 0 spiro atoms. The van der Waals surface area contributed by atoms with Crippen LogP contribution in [0.2, 0.25) is 5.02 Å². The molecule has 20 heavy (non-hydrogen) atoms. The van der Waals surface area contributed by atoms with E-state index < -0.39 is 0 Å². The third kappa shape index (κ3) is 2.62. The number of rotatable bonds is 4. The predicted octanol–water partition coefficient (Wildman–Crippen LogP) is 1.66. The van der Waals surface area contributed by atoms with Crippen molar-refractivity contribution in [2.75, 3.05) is 5.32 Å². The maximum atomic E-state index is 6.07. The fraction of sp³-hybridized carbons (Fsp3) is 0.167. The number of tetrazole rings is 1. The van der Waals surface area contributed by atoms with Crippen LogP contribution in [0.4, 0.5) is 5.69 Å². The van der Waals surface area contributed by atoms with Crippen LogP contribution in [0.1, 0.15) is 5.69 Å². The van der Waals surface area contributed by atoms with E-state index in [9.17, 15) is 0 Å². The monoisotopic (exact) mass is 289 g/mol. The van der Waals surface area contributed by atoms with Gasteiger partial charge >= 0.3 is 0 Å². The van der Waals surface area contributed by atoms with Crippen molar-refractivity contribution in [1.82, 2.24) is 30.0 Å². The zero-order valence-corrected chi connectivity index (χ0v) is 11.5. The van der Waals surface area contributed by atoms with E-state index in [1.807, 2.05) is 31.3 Å². The molecule has 102 valence electrons. The number of benzene rings is 1. The van der Waals surface area contributed by atoms with Crippen molar-refractivity contribution < 1.29 is 0 Å². The smallest absolute Gasteiger partial charge is 0.143 e. The zero-order chi connectivity index (χ0) is 13.9. The first-order valence-electron chi connectivity index (χ1n) is 5.98. The average Bonchev–Trinajstić information content (AvgIpc) is 3.07. The molecule has 0 aliphatic rings. The second kappa shape index (κ2) is 5.30. The summed E-state index contributed by atoms with van der Waals surface area (Å²) >= 11 is 6.07. The number of aromatic nitrogens is 6. The third-order valence-corrected chi connectivity index (χ3v) is 3.09. The molecule has 2 aromatic heterocycles. The minimum Gasteiger partial charge on any atom is -0.379 e. The van der Waals surface area contributed by atoms with Crippen LogP contribution < -0.4 is 5.32 Å². The van der Waals surface area contributed by atoms with Crippen molar-refractivity contribution in [2.24, 2.45) is 7.05 Å². The quantitative estimate of drug-likeness (QED) is 0.791. The lowest BCUT2D eigenvalue weighted by Gasteiger charge is -2.06. The highest BCUT2D eigenvalue weighted by molar-refractivity contribution is 6.31. The van der Waals surface area contributed by atoms with E-state index in [1.165, 1.54) is 0 Å². The van der Waals surface area contributed by atoms with Gasteiger partial charge in [-0.15, -0.1) is 5.10 Å². The molecule has 1 N–H and O–H groups in total. The van der Waals surface area contributed by atoms with Crippen LogP contribution in [0.5, 0.6) is 0 Å². The molecule has 0 unspecified atom stereocenters. The number of hydrogen-bond acceptors (Lipinski definition) is 5. The molecule has 0 radical (unpaired) electrons. The van der Waals surface area contributed by atoms with E-state index in [2.05, 4.69) is 25.9 Å². The molecule has 8 heteroatoms. The Balaban J connectivity index is 1.75. The molecule has 0 aliphatic heterocycles. The van der Waals surface area contributed by atoms with Crippen molar-refractivity contribution in [3.8, 4) is 5.69 Å². The number of aryl methyl sites for hydroxylation is 1. The van der Waals surface area contributed by atoms with Gasteiger partial charge in [-0.1, -0.05) is 17.7 Å². The predicted molar refractivity (Wildman–Crippen MR) is 74.7 cm³/mol. The summed E-state index contributed by atoms with van der Waals surface area (Å²) in [6.45, 7) is 0.554. The molecule has 0 amide bonds. The van der Waals surface area contributed by atoms with E-state index in [0.717, 1.165) is 17.1 Å². The number of nitrogens with zero attached hydrogens (tertiary/aromatic N) is 6. The number of anilines is 1. The van der Waals surface area contributed by atoms with Gasteiger partial charge in [0.1, 0.15) is 12.0 Å². The first kappa shape index (κ1) is 12.6. The minimum atomic E-state index is 0.554. The van der Waals surface area contributed by atoms with Crippen molar-refractivity contribution in [1.29, 1.82) is 0 Å². The Labute approximate surface area is 120 Å². The second-order valence-electron chi connectivity index (χ2n) is 4.26. The molecule has 2 heterocycles. The van der Waals surface area contributed by atoms with E-state index in [1.54, 1.807) is 21.9 Å². The summed E-state index contributed by atoms with van der Waals surface area (Å²) in [6, 6.07) is 7.77. The number of hydrogen-bond donors (Lipinski definition) is 1. The van der Waals surface area contributed by atoms with Crippen LogP contribution in [-0.2, 0) is 13.6 Å². The first-order chi connectivity index (χ1) is 9.72. The maximum Gasteiger partial charge on any atom is 0.143 e. The van der Waals surface area contributed by atoms with Gasteiger partial charge in [-0.05, 0) is 28.6 Å². The van der Waals surface area contributed by atoms with E-state index >= 15 is 0 Å². The summed E-state index contributed by atoms with van der Waals surface area (Å²) in [5, 5.41) is 19.3. The summed E-state index contributed by atoms with van der Waals surface area (Å²) in [7, 11) is 1.84. The van der Waals surface area contributed by atoms with Gasteiger partial charge in [-0.2, -0.15) is 5.10 Å². The van der Waals surface area contributed by atoms with Gasteiger partial charge in [0, 0.05) is 18.9 Å². The van der Waals surface area contributed by atoms with Gasteiger partial charge in [0.05, 0.1) is 17.3 Å². The first-order valence-corrected chi connectivity index (χ1v) is 6.35.